The Morgan fingerprint density at radius 1 is 1.17 bits per heavy atom. The van der Waals surface area contributed by atoms with Crippen LogP contribution < -0.4 is 14.8 Å². The topological polar surface area (TPSA) is 84.5 Å². The van der Waals surface area contributed by atoms with Gasteiger partial charge in [-0.15, -0.1) is 0 Å². The summed E-state index contributed by atoms with van der Waals surface area (Å²) in [7, 11) is -2.39. The molecule has 2 amide bonds. The second-order valence-corrected chi connectivity index (χ2v) is 7.60. The van der Waals surface area contributed by atoms with Crippen LogP contribution >= 0.6 is 15.9 Å². The molecule has 2 rings (SSSR count). The smallest absolute Gasteiger partial charge is 0.329 e. The zero-order valence-corrected chi connectivity index (χ0v) is 15.5. The first-order valence-corrected chi connectivity index (χ1v) is 9.33. The lowest BCUT2D eigenvalue weighted by Crippen LogP contribution is -2.40. The molecule has 2 N–H and O–H groups in total. The largest absolute Gasteiger partial charge is 0.496 e. The van der Waals surface area contributed by atoms with Gasteiger partial charge in [0.2, 0.25) is 0 Å². The van der Waals surface area contributed by atoms with Crippen molar-refractivity contribution in [3.8, 4) is 5.75 Å². The van der Waals surface area contributed by atoms with Crippen molar-refractivity contribution in [1.82, 2.24) is 10.0 Å². The third-order valence-electron chi connectivity index (χ3n) is 3.29. The van der Waals surface area contributed by atoms with Crippen LogP contribution in [0.15, 0.2) is 57.9 Å². The van der Waals surface area contributed by atoms with Gasteiger partial charge in [0.05, 0.1) is 18.0 Å². The van der Waals surface area contributed by atoms with E-state index in [9.17, 15) is 13.2 Å². The fourth-order valence-electron chi connectivity index (χ4n) is 2.13. The molecule has 1 atom stereocenters. The van der Waals surface area contributed by atoms with Crippen LogP contribution in [0, 0.1) is 0 Å². The molecule has 0 radical (unpaired) electrons. The van der Waals surface area contributed by atoms with E-state index in [4.69, 9.17) is 4.74 Å². The second kappa shape index (κ2) is 7.67. The van der Waals surface area contributed by atoms with Crippen molar-refractivity contribution in [2.24, 2.45) is 0 Å². The summed E-state index contributed by atoms with van der Waals surface area (Å²) in [5, 5.41) is 2.59. The molecular formula is C16H17BrN2O4S. The molecule has 0 saturated heterocycles. The average Bonchev–Trinajstić information content (AvgIpc) is 2.55. The fraction of sp³-hybridized carbons (Fsp3) is 0.188. The Hall–Kier alpha value is -2.06. The Balaban J connectivity index is 2.11. The summed E-state index contributed by atoms with van der Waals surface area (Å²) < 4.78 is 32.3. The zero-order valence-electron chi connectivity index (χ0n) is 13.1. The van der Waals surface area contributed by atoms with E-state index in [0.29, 0.717) is 5.75 Å². The SMILES string of the molecule is COc1ccc(Br)cc1C(C)NC(=O)NS(=O)(=O)c1ccccc1. The molecule has 0 saturated carbocycles. The van der Waals surface area contributed by atoms with Gasteiger partial charge >= 0.3 is 6.03 Å². The first kappa shape index (κ1) is 18.3. The minimum absolute atomic E-state index is 0.0211. The molecule has 0 fully saturated rings. The second-order valence-electron chi connectivity index (χ2n) is 5.00. The molecule has 8 heteroatoms. The first-order valence-electron chi connectivity index (χ1n) is 7.05. The third-order valence-corrected chi connectivity index (χ3v) is 5.13. The van der Waals surface area contributed by atoms with E-state index in [1.165, 1.54) is 19.2 Å². The Bertz CT molecular complexity index is 825. The molecule has 2 aromatic rings. The van der Waals surface area contributed by atoms with Gasteiger partial charge in [-0.25, -0.2) is 17.9 Å². The van der Waals surface area contributed by atoms with E-state index < -0.39 is 22.1 Å². The van der Waals surface area contributed by atoms with Gasteiger partial charge in [-0.3, -0.25) is 0 Å². The van der Waals surface area contributed by atoms with Crippen molar-refractivity contribution in [3.63, 3.8) is 0 Å². The van der Waals surface area contributed by atoms with E-state index in [1.807, 2.05) is 10.8 Å². The fourth-order valence-corrected chi connectivity index (χ4v) is 3.44. The molecule has 0 aromatic heterocycles. The number of hydrogen-bond donors (Lipinski definition) is 2. The van der Waals surface area contributed by atoms with Gasteiger partial charge in [0.25, 0.3) is 10.0 Å². The summed E-state index contributed by atoms with van der Waals surface area (Å²) in [6, 6.07) is 11.8. The highest BCUT2D eigenvalue weighted by Gasteiger charge is 2.20. The van der Waals surface area contributed by atoms with E-state index in [2.05, 4.69) is 21.2 Å². The van der Waals surface area contributed by atoms with Crippen molar-refractivity contribution in [2.45, 2.75) is 17.9 Å². The molecule has 0 heterocycles. The number of amides is 2. The first-order chi connectivity index (χ1) is 11.3. The zero-order chi connectivity index (χ0) is 17.7. The Morgan fingerprint density at radius 3 is 2.46 bits per heavy atom. The van der Waals surface area contributed by atoms with Gasteiger partial charge in [0.15, 0.2) is 0 Å². The average molecular weight is 413 g/mol. The number of carbonyl (C=O) groups excluding carboxylic acids is 1. The molecule has 0 aliphatic rings. The minimum Gasteiger partial charge on any atom is -0.496 e. The highest BCUT2D eigenvalue weighted by Crippen LogP contribution is 2.28. The predicted octanol–water partition coefficient (Wildman–Crippen LogP) is 3.21. The monoisotopic (exact) mass is 412 g/mol. The number of urea groups is 1. The maximum absolute atomic E-state index is 12.1. The van der Waals surface area contributed by atoms with Gasteiger partial charge in [0, 0.05) is 10.0 Å². The highest BCUT2D eigenvalue weighted by atomic mass is 79.9. The third kappa shape index (κ3) is 4.48. The molecular weight excluding hydrogens is 396 g/mol. The van der Waals surface area contributed by atoms with Crippen LogP contribution in [0.2, 0.25) is 0 Å². The summed E-state index contributed by atoms with van der Waals surface area (Å²) in [6.45, 7) is 1.74. The standard InChI is InChI=1S/C16H17BrN2O4S/c1-11(14-10-12(17)8-9-15(14)23-2)18-16(20)19-24(21,22)13-6-4-3-5-7-13/h3-11H,1-2H3,(H2,18,19,20). The number of benzene rings is 2. The van der Waals surface area contributed by atoms with Gasteiger partial charge in [-0.1, -0.05) is 34.1 Å². The van der Waals surface area contributed by atoms with Gasteiger partial charge in [0.1, 0.15) is 5.75 Å². The van der Waals surface area contributed by atoms with Gasteiger partial charge < -0.3 is 10.1 Å². The summed E-state index contributed by atoms with van der Waals surface area (Å²) in [4.78, 5) is 12.1. The van der Waals surface area contributed by atoms with Crippen LogP contribution in [0.3, 0.4) is 0 Å². The maximum atomic E-state index is 12.1. The number of rotatable bonds is 5. The molecule has 0 aliphatic heterocycles. The maximum Gasteiger partial charge on any atom is 0.329 e. The summed E-state index contributed by atoms with van der Waals surface area (Å²) in [6.07, 6.45) is 0. The van der Waals surface area contributed by atoms with Crippen molar-refractivity contribution in [3.05, 3.63) is 58.6 Å². The van der Waals surface area contributed by atoms with E-state index in [0.717, 1.165) is 10.0 Å². The highest BCUT2D eigenvalue weighted by molar-refractivity contribution is 9.10. The molecule has 24 heavy (non-hydrogen) atoms. The normalized spacial score (nSPS) is 12.3. The van der Waals surface area contributed by atoms with Crippen LogP contribution in [0.4, 0.5) is 4.79 Å². The lowest BCUT2D eigenvalue weighted by atomic mass is 10.1. The van der Waals surface area contributed by atoms with Crippen LogP contribution in [-0.4, -0.2) is 21.6 Å². The number of methoxy groups -OCH3 is 1. The van der Waals surface area contributed by atoms with Gasteiger partial charge in [-0.2, -0.15) is 0 Å². The lowest BCUT2D eigenvalue weighted by molar-refractivity contribution is 0.242. The molecule has 1 unspecified atom stereocenters. The molecule has 0 bridgehead atoms. The Labute approximate surface area is 149 Å². The minimum atomic E-state index is -3.91. The number of carbonyl (C=O) groups is 1. The summed E-state index contributed by atoms with van der Waals surface area (Å²) in [5.41, 5.74) is 0.721. The van der Waals surface area contributed by atoms with E-state index in [1.54, 1.807) is 37.3 Å². The molecule has 2 aromatic carbocycles. The van der Waals surface area contributed by atoms with E-state index in [-0.39, 0.29) is 4.90 Å². The van der Waals surface area contributed by atoms with Crippen molar-refractivity contribution in [1.29, 1.82) is 0 Å². The summed E-state index contributed by atoms with van der Waals surface area (Å²) >= 11 is 3.36. The number of halogens is 1. The van der Waals surface area contributed by atoms with Crippen LogP contribution in [-0.2, 0) is 10.0 Å². The number of hydrogen-bond acceptors (Lipinski definition) is 4. The van der Waals surface area contributed by atoms with Crippen molar-refractivity contribution in [2.75, 3.05) is 7.11 Å². The molecule has 0 spiro atoms. The van der Waals surface area contributed by atoms with Gasteiger partial charge in [-0.05, 0) is 37.3 Å². The number of sulfonamides is 1. The van der Waals surface area contributed by atoms with Crippen molar-refractivity contribution >= 4 is 32.0 Å². The molecule has 128 valence electrons. The number of ether oxygens (including phenoxy) is 1. The molecule has 0 aliphatic carbocycles. The number of nitrogens with one attached hydrogen (secondary N) is 2. The molecule has 6 nitrogen and oxygen atoms in total. The Kier molecular flexibility index (Phi) is 5.84. The van der Waals surface area contributed by atoms with Crippen molar-refractivity contribution < 1.29 is 17.9 Å². The predicted molar refractivity (Wildman–Crippen MR) is 94.4 cm³/mol. The Morgan fingerprint density at radius 2 is 1.83 bits per heavy atom. The van der Waals surface area contributed by atoms with Crippen LogP contribution in [0.25, 0.3) is 0 Å². The quantitative estimate of drug-likeness (QED) is 0.789. The summed E-state index contributed by atoms with van der Waals surface area (Å²) in [5.74, 6) is 0.594. The van der Waals surface area contributed by atoms with E-state index >= 15 is 0 Å². The lowest BCUT2D eigenvalue weighted by Gasteiger charge is -2.18. The van der Waals surface area contributed by atoms with Crippen LogP contribution in [0.5, 0.6) is 5.75 Å². The van der Waals surface area contributed by atoms with Crippen LogP contribution in [0.1, 0.15) is 18.5 Å².